The second-order valence-corrected chi connectivity index (χ2v) is 4.22. The Morgan fingerprint density at radius 1 is 1.47 bits per heavy atom. The fourth-order valence-corrected chi connectivity index (χ4v) is 1.93. The number of rotatable bonds is 5. The highest BCUT2D eigenvalue weighted by molar-refractivity contribution is 5.77. The molecule has 1 atom stereocenters. The molecule has 0 fully saturated rings. The van der Waals surface area contributed by atoms with Gasteiger partial charge in [0, 0.05) is 6.20 Å². The van der Waals surface area contributed by atoms with Gasteiger partial charge in [0.05, 0.1) is 17.9 Å². The molecule has 92 valence electrons. The Kier molecular flexibility index (Phi) is 3.58. The van der Waals surface area contributed by atoms with Crippen LogP contribution in [0.15, 0.2) is 17.3 Å². The van der Waals surface area contributed by atoms with E-state index < -0.39 is 0 Å². The van der Waals surface area contributed by atoms with Crippen LogP contribution in [0.25, 0.3) is 11.0 Å². The number of aromatic nitrogens is 3. The zero-order valence-electron chi connectivity index (χ0n) is 9.86. The normalized spacial score (nSPS) is 13.1. The van der Waals surface area contributed by atoms with Crippen LogP contribution < -0.4 is 5.56 Å². The van der Waals surface area contributed by atoms with E-state index in [-0.39, 0.29) is 11.7 Å². The molecule has 2 heterocycles. The molecular formula is C12H17N3O2. The summed E-state index contributed by atoms with van der Waals surface area (Å²) in [5.74, 6) is 0. The minimum absolute atomic E-state index is 0.144. The summed E-state index contributed by atoms with van der Waals surface area (Å²) in [6.07, 6.45) is 6.31. The van der Waals surface area contributed by atoms with E-state index in [4.69, 9.17) is 0 Å². The fourth-order valence-electron chi connectivity index (χ4n) is 1.93. The number of aliphatic hydroxyl groups excluding tert-OH is 1. The smallest absolute Gasteiger partial charge is 0.275 e. The quantitative estimate of drug-likeness (QED) is 0.731. The van der Waals surface area contributed by atoms with Gasteiger partial charge < -0.3 is 15.1 Å². The minimum atomic E-state index is -0.225. The number of hydrogen-bond acceptors (Lipinski definition) is 3. The molecule has 0 aliphatic heterocycles. The van der Waals surface area contributed by atoms with Crippen molar-refractivity contribution in [2.24, 2.45) is 0 Å². The van der Waals surface area contributed by atoms with Gasteiger partial charge in [-0.15, -0.1) is 0 Å². The number of aromatic amines is 2. The molecule has 0 amide bonds. The van der Waals surface area contributed by atoms with Crippen molar-refractivity contribution < 1.29 is 5.11 Å². The Morgan fingerprint density at radius 3 is 3.06 bits per heavy atom. The lowest BCUT2D eigenvalue weighted by Crippen LogP contribution is -2.06. The summed E-state index contributed by atoms with van der Waals surface area (Å²) < 4.78 is 0. The topological polar surface area (TPSA) is 81.8 Å². The van der Waals surface area contributed by atoms with E-state index >= 15 is 0 Å². The first-order valence-corrected chi connectivity index (χ1v) is 5.94. The average Bonchev–Trinajstić information content (AvgIpc) is 2.74. The summed E-state index contributed by atoms with van der Waals surface area (Å²) >= 11 is 0. The second kappa shape index (κ2) is 5.14. The third kappa shape index (κ3) is 2.55. The molecule has 0 saturated carbocycles. The highest BCUT2D eigenvalue weighted by Gasteiger charge is 2.08. The van der Waals surface area contributed by atoms with Crippen LogP contribution in [0.5, 0.6) is 0 Å². The Morgan fingerprint density at radius 2 is 2.29 bits per heavy atom. The standard InChI is InChI=1S/C12H17N3O2/c1-2-9(16)5-3-4-8-6-13-11-10(8)14-7-15-12(11)17/h6-7,9,13,16H,2-5H2,1H3,(H,14,15,17)/t9-/m1/s1. The molecule has 0 bridgehead atoms. The van der Waals surface area contributed by atoms with Crippen molar-refractivity contribution in [3.8, 4) is 0 Å². The summed E-state index contributed by atoms with van der Waals surface area (Å²) in [5, 5.41) is 9.47. The lowest BCUT2D eigenvalue weighted by Gasteiger charge is -2.05. The number of nitrogens with one attached hydrogen (secondary N) is 2. The highest BCUT2D eigenvalue weighted by Crippen LogP contribution is 2.15. The molecule has 2 aromatic heterocycles. The van der Waals surface area contributed by atoms with Crippen LogP contribution in [0.3, 0.4) is 0 Å². The van der Waals surface area contributed by atoms with Crippen LogP contribution in [-0.4, -0.2) is 26.2 Å². The van der Waals surface area contributed by atoms with Crippen LogP contribution in [0, 0.1) is 0 Å². The second-order valence-electron chi connectivity index (χ2n) is 4.22. The number of hydrogen-bond donors (Lipinski definition) is 3. The van der Waals surface area contributed by atoms with Crippen molar-refractivity contribution in [3.05, 3.63) is 28.4 Å². The van der Waals surface area contributed by atoms with E-state index in [0.29, 0.717) is 5.52 Å². The van der Waals surface area contributed by atoms with Crippen LogP contribution >= 0.6 is 0 Å². The first kappa shape index (κ1) is 11.9. The van der Waals surface area contributed by atoms with Crippen molar-refractivity contribution in [1.29, 1.82) is 0 Å². The van der Waals surface area contributed by atoms with Gasteiger partial charge in [0.1, 0.15) is 5.52 Å². The molecule has 0 saturated heterocycles. The van der Waals surface area contributed by atoms with Crippen LogP contribution in [0.4, 0.5) is 0 Å². The molecule has 0 spiro atoms. The van der Waals surface area contributed by atoms with Gasteiger partial charge >= 0.3 is 0 Å². The van der Waals surface area contributed by atoms with E-state index in [9.17, 15) is 9.90 Å². The van der Waals surface area contributed by atoms with Gasteiger partial charge in [-0.25, -0.2) is 4.98 Å². The monoisotopic (exact) mass is 235 g/mol. The molecule has 0 aromatic carbocycles. The van der Waals surface area contributed by atoms with Crippen LogP contribution in [-0.2, 0) is 6.42 Å². The van der Waals surface area contributed by atoms with Gasteiger partial charge in [-0.3, -0.25) is 4.79 Å². The van der Waals surface area contributed by atoms with Crippen molar-refractivity contribution in [1.82, 2.24) is 15.0 Å². The summed E-state index contributed by atoms with van der Waals surface area (Å²) in [7, 11) is 0. The Labute approximate surface area is 98.9 Å². The fraction of sp³-hybridized carbons (Fsp3) is 0.500. The number of H-pyrrole nitrogens is 2. The first-order chi connectivity index (χ1) is 8.22. The highest BCUT2D eigenvalue weighted by atomic mass is 16.3. The minimum Gasteiger partial charge on any atom is -0.393 e. The van der Waals surface area contributed by atoms with E-state index in [2.05, 4.69) is 15.0 Å². The number of nitrogens with zero attached hydrogens (tertiary/aromatic N) is 1. The Hall–Kier alpha value is -1.62. The largest absolute Gasteiger partial charge is 0.393 e. The maximum Gasteiger partial charge on any atom is 0.275 e. The van der Waals surface area contributed by atoms with Crippen LogP contribution in [0.2, 0.25) is 0 Å². The van der Waals surface area contributed by atoms with Crippen LogP contribution in [0.1, 0.15) is 31.7 Å². The molecule has 5 nitrogen and oxygen atoms in total. The van der Waals surface area contributed by atoms with Crippen molar-refractivity contribution in [2.75, 3.05) is 0 Å². The zero-order chi connectivity index (χ0) is 12.3. The number of aliphatic hydroxyl groups is 1. The van der Waals surface area contributed by atoms with E-state index in [1.165, 1.54) is 6.33 Å². The van der Waals surface area contributed by atoms with Crippen molar-refractivity contribution in [2.45, 2.75) is 38.7 Å². The molecule has 0 radical (unpaired) electrons. The summed E-state index contributed by atoms with van der Waals surface area (Å²) in [6.45, 7) is 1.97. The molecular weight excluding hydrogens is 218 g/mol. The summed E-state index contributed by atoms with van der Waals surface area (Å²) in [4.78, 5) is 21.1. The third-order valence-electron chi connectivity index (χ3n) is 3.00. The lowest BCUT2D eigenvalue weighted by atomic mass is 10.1. The maximum absolute atomic E-state index is 11.5. The Balaban J connectivity index is 2.09. The van der Waals surface area contributed by atoms with E-state index in [0.717, 1.165) is 36.8 Å². The maximum atomic E-state index is 11.5. The van der Waals surface area contributed by atoms with Crippen molar-refractivity contribution >= 4 is 11.0 Å². The third-order valence-corrected chi connectivity index (χ3v) is 3.00. The van der Waals surface area contributed by atoms with Gasteiger partial charge in [-0.05, 0) is 31.2 Å². The van der Waals surface area contributed by atoms with Gasteiger partial charge in [0.15, 0.2) is 0 Å². The molecule has 0 aliphatic rings. The number of aryl methyl sites for hydroxylation is 1. The zero-order valence-corrected chi connectivity index (χ0v) is 9.86. The molecule has 17 heavy (non-hydrogen) atoms. The van der Waals surface area contributed by atoms with Gasteiger partial charge in [-0.1, -0.05) is 6.92 Å². The van der Waals surface area contributed by atoms with E-state index in [1.54, 1.807) is 0 Å². The molecule has 2 aromatic rings. The molecule has 5 heteroatoms. The Bertz CT molecular complexity index is 544. The lowest BCUT2D eigenvalue weighted by molar-refractivity contribution is 0.158. The van der Waals surface area contributed by atoms with Gasteiger partial charge in [0.2, 0.25) is 0 Å². The SMILES string of the molecule is CC[C@@H](O)CCCc1c[nH]c2c(=O)[nH]cnc12. The molecule has 2 rings (SSSR count). The molecule has 3 N–H and O–H groups in total. The summed E-state index contributed by atoms with van der Waals surface area (Å²) in [6, 6.07) is 0. The predicted octanol–water partition coefficient (Wildman–Crippen LogP) is 1.34. The summed E-state index contributed by atoms with van der Waals surface area (Å²) in [5.41, 5.74) is 2.16. The van der Waals surface area contributed by atoms with E-state index in [1.807, 2.05) is 13.1 Å². The predicted molar refractivity (Wildman–Crippen MR) is 66.0 cm³/mol. The van der Waals surface area contributed by atoms with Crippen molar-refractivity contribution in [3.63, 3.8) is 0 Å². The average molecular weight is 235 g/mol. The van der Waals surface area contributed by atoms with Gasteiger partial charge in [-0.2, -0.15) is 0 Å². The number of fused-ring (bicyclic) bond motifs is 1. The molecule has 0 unspecified atom stereocenters. The molecule has 0 aliphatic carbocycles. The van der Waals surface area contributed by atoms with Gasteiger partial charge in [0.25, 0.3) is 5.56 Å². The first-order valence-electron chi connectivity index (χ1n) is 5.94.